The standard InChI is InChI=1S/C15H22N4O3/c1-11-2-3-14(17-8-11)18-6-4-12(5-7-18)9-19(15(21)22)10-13(16)20/h2-3,8,12H,4-7,9-10H2,1H3,(H2,16,20)(H,21,22). The number of aryl methyl sites for hydroxylation is 1. The van der Waals surface area contributed by atoms with E-state index in [-0.39, 0.29) is 12.5 Å². The van der Waals surface area contributed by atoms with Crippen LogP contribution in [0, 0.1) is 12.8 Å². The van der Waals surface area contributed by atoms with Crippen LogP contribution in [0.1, 0.15) is 18.4 Å². The molecule has 0 bridgehead atoms. The molecule has 0 spiro atoms. The Morgan fingerprint density at radius 2 is 2.09 bits per heavy atom. The van der Waals surface area contributed by atoms with Crippen LogP contribution in [0.4, 0.5) is 10.6 Å². The molecule has 0 radical (unpaired) electrons. The van der Waals surface area contributed by atoms with Crippen LogP contribution in [-0.2, 0) is 4.79 Å². The van der Waals surface area contributed by atoms with Gasteiger partial charge >= 0.3 is 6.09 Å². The van der Waals surface area contributed by atoms with Crippen LogP contribution < -0.4 is 10.6 Å². The van der Waals surface area contributed by atoms with Gasteiger partial charge in [0.1, 0.15) is 12.4 Å². The van der Waals surface area contributed by atoms with E-state index in [0.29, 0.717) is 6.54 Å². The summed E-state index contributed by atoms with van der Waals surface area (Å²) in [6.07, 6.45) is 2.50. The summed E-state index contributed by atoms with van der Waals surface area (Å²) in [7, 11) is 0. The number of aromatic nitrogens is 1. The van der Waals surface area contributed by atoms with E-state index in [2.05, 4.69) is 9.88 Å². The van der Waals surface area contributed by atoms with Gasteiger partial charge in [-0.1, -0.05) is 6.07 Å². The summed E-state index contributed by atoms with van der Waals surface area (Å²) in [6.45, 7) is 3.79. The molecular formula is C15H22N4O3. The van der Waals surface area contributed by atoms with Crippen molar-refractivity contribution in [1.29, 1.82) is 0 Å². The first-order chi connectivity index (χ1) is 10.5. The maximum Gasteiger partial charge on any atom is 0.407 e. The molecule has 0 unspecified atom stereocenters. The van der Waals surface area contributed by atoms with Crippen LogP contribution in [0.3, 0.4) is 0 Å². The molecule has 1 aromatic rings. The van der Waals surface area contributed by atoms with Crippen LogP contribution in [0.15, 0.2) is 18.3 Å². The number of hydrogen-bond donors (Lipinski definition) is 2. The first kappa shape index (κ1) is 16.1. The fourth-order valence-corrected chi connectivity index (χ4v) is 2.70. The van der Waals surface area contributed by atoms with Crippen molar-refractivity contribution < 1.29 is 14.7 Å². The molecule has 1 aliphatic rings. The molecule has 1 aromatic heterocycles. The second-order valence-corrected chi connectivity index (χ2v) is 5.75. The number of pyridine rings is 1. The summed E-state index contributed by atoms with van der Waals surface area (Å²) in [4.78, 5) is 29.8. The Morgan fingerprint density at radius 3 is 2.59 bits per heavy atom. The smallest absolute Gasteiger partial charge is 0.407 e. The van der Waals surface area contributed by atoms with E-state index in [4.69, 9.17) is 10.8 Å². The van der Waals surface area contributed by atoms with Gasteiger partial charge in [0.25, 0.3) is 0 Å². The highest BCUT2D eigenvalue weighted by atomic mass is 16.4. The molecule has 120 valence electrons. The van der Waals surface area contributed by atoms with Gasteiger partial charge in [-0.05, 0) is 37.3 Å². The average molecular weight is 306 g/mol. The van der Waals surface area contributed by atoms with Gasteiger partial charge in [-0.15, -0.1) is 0 Å². The third-order valence-electron chi connectivity index (χ3n) is 3.93. The van der Waals surface area contributed by atoms with E-state index in [9.17, 15) is 9.59 Å². The monoisotopic (exact) mass is 306 g/mol. The number of carboxylic acid groups (broad SMARTS) is 1. The average Bonchev–Trinajstić information content (AvgIpc) is 2.48. The molecule has 3 N–H and O–H groups in total. The second-order valence-electron chi connectivity index (χ2n) is 5.75. The molecule has 1 aliphatic heterocycles. The van der Waals surface area contributed by atoms with Crippen LogP contribution >= 0.6 is 0 Å². The Balaban J connectivity index is 1.87. The van der Waals surface area contributed by atoms with Crippen molar-refractivity contribution in [2.75, 3.05) is 31.1 Å². The Hall–Kier alpha value is -2.31. The van der Waals surface area contributed by atoms with E-state index in [1.807, 2.05) is 25.3 Å². The highest BCUT2D eigenvalue weighted by Gasteiger charge is 2.24. The topological polar surface area (TPSA) is 99.8 Å². The molecule has 7 nitrogen and oxygen atoms in total. The fourth-order valence-electron chi connectivity index (χ4n) is 2.70. The zero-order valence-electron chi connectivity index (χ0n) is 12.7. The van der Waals surface area contributed by atoms with Crippen LogP contribution in [0.25, 0.3) is 0 Å². The maximum absolute atomic E-state index is 11.1. The third-order valence-corrected chi connectivity index (χ3v) is 3.93. The Morgan fingerprint density at radius 1 is 1.41 bits per heavy atom. The zero-order valence-corrected chi connectivity index (χ0v) is 12.7. The Kier molecular flexibility index (Phi) is 5.19. The van der Waals surface area contributed by atoms with E-state index in [0.717, 1.165) is 42.2 Å². The van der Waals surface area contributed by atoms with Crippen molar-refractivity contribution in [3.8, 4) is 0 Å². The van der Waals surface area contributed by atoms with Gasteiger partial charge in [-0.2, -0.15) is 0 Å². The molecule has 22 heavy (non-hydrogen) atoms. The van der Waals surface area contributed by atoms with Crippen molar-refractivity contribution >= 4 is 17.8 Å². The number of piperidine rings is 1. The molecule has 7 heteroatoms. The van der Waals surface area contributed by atoms with Crippen molar-refractivity contribution in [1.82, 2.24) is 9.88 Å². The van der Waals surface area contributed by atoms with E-state index >= 15 is 0 Å². The van der Waals surface area contributed by atoms with Gasteiger partial charge in [-0.25, -0.2) is 9.78 Å². The lowest BCUT2D eigenvalue weighted by Crippen LogP contribution is -2.43. The summed E-state index contributed by atoms with van der Waals surface area (Å²) >= 11 is 0. The number of rotatable bonds is 5. The first-order valence-electron chi connectivity index (χ1n) is 7.39. The molecule has 0 aromatic carbocycles. The lowest BCUT2D eigenvalue weighted by Gasteiger charge is -2.34. The van der Waals surface area contributed by atoms with Gasteiger partial charge in [0, 0.05) is 25.8 Å². The summed E-state index contributed by atoms with van der Waals surface area (Å²) in [5.41, 5.74) is 6.21. The number of amides is 2. The molecule has 2 heterocycles. The van der Waals surface area contributed by atoms with Gasteiger partial charge in [0.2, 0.25) is 5.91 Å². The van der Waals surface area contributed by atoms with Gasteiger partial charge in [-0.3, -0.25) is 9.69 Å². The molecule has 2 amide bonds. The lowest BCUT2D eigenvalue weighted by atomic mass is 9.96. The van der Waals surface area contributed by atoms with Gasteiger partial charge in [0.15, 0.2) is 0 Å². The normalized spacial score (nSPS) is 15.6. The van der Waals surface area contributed by atoms with E-state index < -0.39 is 12.0 Å². The number of primary amides is 1. The predicted octanol–water partition coefficient (Wildman–Crippen LogP) is 1.07. The fraction of sp³-hybridized carbons (Fsp3) is 0.533. The van der Waals surface area contributed by atoms with E-state index in [1.54, 1.807) is 0 Å². The summed E-state index contributed by atoms with van der Waals surface area (Å²) in [6, 6.07) is 4.04. The van der Waals surface area contributed by atoms with Crippen LogP contribution in [-0.4, -0.2) is 53.2 Å². The molecule has 0 aliphatic carbocycles. The third kappa shape index (κ3) is 4.34. The minimum atomic E-state index is -1.10. The molecule has 0 atom stereocenters. The number of hydrogen-bond acceptors (Lipinski definition) is 4. The van der Waals surface area contributed by atoms with Crippen molar-refractivity contribution in [3.05, 3.63) is 23.9 Å². The molecular weight excluding hydrogens is 284 g/mol. The highest BCUT2D eigenvalue weighted by molar-refractivity contribution is 5.80. The summed E-state index contributed by atoms with van der Waals surface area (Å²) in [5.74, 6) is 0.581. The number of carbonyl (C=O) groups is 2. The maximum atomic E-state index is 11.1. The van der Waals surface area contributed by atoms with Crippen molar-refractivity contribution in [3.63, 3.8) is 0 Å². The van der Waals surface area contributed by atoms with Crippen molar-refractivity contribution in [2.45, 2.75) is 19.8 Å². The molecule has 1 fully saturated rings. The number of nitrogens with zero attached hydrogens (tertiary/aromatic N) is 3. The predicted molar refractivity (Wildman–Crippen MR) is 82.7 cm³/mol. The summed E-state index contributed by atoms with van der Waals surface area (Å²) < 4.78 is 0. The largest absolute Gasteiger partial charge is 0.465 e. The highest BCUT2D eigenvalue weighted by Crippen LogP contribution is 2.22. The first-order valence-corrected chi connectivity index (χ1v) is 7.39. The SMILES string of the molecule is Cc1ccc(N2CCC(CN(CC(N)=O)C(=O)O)CC2)nc1. The lowest BCUT2D eigenvalue weighted by molar-refractivity contribution is -0.119. The number of anilines is 1. The minimum absolute atomic E-state index is 0.241. The van der Waals surface area contributed by atoms with E-state index in [1.165, 1.54) is 0 Å². The van der Waals surface area contributed by atoms with Gasteiger partial charge in [0.05, 0.1) is 0 Å². The van der Waals surface area contributed by atoms with Crippen LogP contribution in [0.5, 0.6) is 0 Å². The summed E-state index contributed by atoms with van der Waals surface area (Å²) in [5, 5.41) is 9.11. The minimum Gasteiger partial charge on any atom is -0.465 e. The number of nitrogens with two attached hydrogens (primary N) is 1. The Labute approximate surface area is 129 Å². The Bertz CT molecular complexity index is 524. The molecule has 1 saturated heterocycles. The molecule has 0 saturated carbocycles. The zero-order chi connectivity index (χ0) is 16.1. The second kappa shape index (κ2) is 7.11. The number of carbonyl (C=O) groups excluding carboxylic acids is 1. The van der Waals surface area contributed by atoms with Crippen LogP contribution in [0.2, 0.25) is 0 Å². The van der Waals surface area contributed by atoms with Crippen molar-refractivity contribution in [2.24, 2.45) is 11.7 Å². The molecule has 2 rings (SSSR count). The quantitative estimate of drug-likeness (QED) is 0.847. The van der Waals surface area contributed by atoms with Gasteiger partial charge < -0.3 is 15.7 Å².